The molecule has 0 atom stereocenters. The molecule has 1 amide bonds. The summed E-state index contributed by atoms with van der Waals surface area (Å²) in [7, 11) is 0. The smallest absolute Gasteiger partial charge is 0.266 e. The summed E-state index contributed by atoms with van der Waals surface area (Å²) >= 11 is 2.17. The SMILES string of the molecule is CCOc1cc(/C=C(\C#N)C(=O)Nc2ccccc2C)cc(I)c1OC(C)C. The number of nitrogens with zero attached hydrogens (tertiary/aromatic N) is 1. The van der Waals surface area contributed by atoms with Gasteiger partial charge in [-0.05, 0) is 85.7 Å². The Morgan fingerprint density at radius 3 is 2.64 bits per heavy atom. The van der Waals surface area contributed by atoms with Gasteiger partial charge in [-0.1, -0.05) is 18.2 Å². The highest BCUT2D eigenvalue weighted by atomic mass is 127. The Hall–Kier alpha value is -2.53. The van der Waals surface area contributed by atoms with E-state index in [0.29, 0.717) is 29.4 Å². The van der Waals surface area contributed by atoms with Gasteiger partial charge in [0.2, 0.25) is 0 Å². The van der Waals surface area contributed by atoms with Crippen molar-refractivity contribution in [2.75, 3.05) is 11.9 Å². The standard InChI is InChI=1S/C22H23IN2O3/c1-5-27-20-12-16(11-18(23)21(20)28-14(2)3)10-17(13-24)22(26)25-19-9-7-6-8-15(19)4/h6-12,14H,5H2,1-4H3,(H,25,26)/b17-10+. The molecule has 0 saturated heterocycles. The number of aryl methyl sites for hydroxylation is 1. The Bertz CT molecular complexity index is 930. The van der Waals surface area contributed by atoms with Gasteiger partial charge in [0, 0.05) is 5.69 Å². The minimum Gasteiger partial charge on any atom is -0.490 e. The molecular weight excluding hydrogens is 467 g/mol. The van der Waals surface area contributed by atoms with Gasteiger partial charge in [-0.15, -0.1) is 0 Å². The number of hydrogen-bond acceptors (Lipinski definition) is 4. The molecule has 0 aromatic heterocycles. The van der Waals surface area contributed by atoms with Crippen LogP contribution in [0.1, 0.15) is 31.9 Å². The number of ether oxygens (including phenoxy) is 2. The van der Waals surface area contributed by atoms with Crippen LogP contribution in [0, 0.1) is 21.8 Å². The summed E-state index contributed by atoms with van der Waals surface area (Å²) in [5.41, 5.74) is 2.31. The quantitative estimate of drug-likeness (QED) is 0.324. The number of halogens is 1. The number of anilines is 1. The molecule has 0 aliphatic heterocycles. The molecule has 2 rings (SSSR count). The third-order valence-electron chi connectivity index (χ3n) is 3.75. The second kappa shape index (κ2) is 10.1. The Balaban J connectivity index is 2.36. The number of amides is 1. The zero-order chi connectivity index (χ0) is 20.7. The van der Waals surface area contributed by atoms with Gasteiger partial charge >= 0.3 is 0 Å². The van der Waals surface area contributed by atoms with E-state index in [-0.39, 0.29) is 11.7 Å². The van der Waals surface area contributed by atoms with Crippen LogP contribution in [0.5, 0.6) is 11.5 Å². The van der Waals surface area contributed by atoms with E-state index in [0.717, 1.165) is 9.13 Å². The van der Waals surface area contributed by atoms with Gasteiger partial charge in [0.05, 0.1) is 16.3 Å². The lowest BCUT2D eigenvalue weighted by Gasteiger charge is -2.17. The molecule has 0 heterocycles. The third-order valence-corrected chi connectivity index (χ3v) is 4.56. The predicted molar refractivity (Wildman–Crippen MR) is 119 cm³/mol. The molecule has 2 aromatic carbocycles. The van der Waals surface area contributed by atoms with Gasteiger partial charge in [0.25, 0.3) is 5.91 Å². The van der Waals surface area contributed by atoms with Crippen LogP contribution in [-0.4, -0.2) is 18.6 Å². The third kappa shape index (κ3) is 5.73. The fourth-order valence-corrected chi connectivity index (χ4v) is 3.25. The zero-order valence-corrected chi connectivity index (χ0v) is 18.5. The van der Waals surface area contributed by atoms with Crippen molar-refractivity contribution in [2.45, 2.75) is 33.8 Å². The summed E-state index contributed by atoms with van der Waals surface area (Å²) in [4.78, 5) is 12.5. The van der Waals surface area contributed by atoms with Crippen molar-refractivity contribution < 1.29 is 14.3 Å². The summed E-state index contributed by atoms with van der Waals surface area (Å²) < 4.78 is 12.4. The highest BCUT2D eigenvalue weighted by Crippen LogP contribution is 2.35. The molecule has 6 heteroatoms. The molecule has 146 valence electrons. The van der Waals surface area contributed by atoms with Gasteiger partial charge in [0.1, 0.15) is 11.6 Å². The molecule has 0 unspecified atom stereocenters. The van der Waals surface area contributed by atoms with Crippen LogP contribution in [0.2, 0.25) is 0 Å². The number of nitriles is 1. The van der Waals surface area contributed by atoms with E-state index in [1.807, 2.05) is 58.0 Å². The largest absolute Gasteiger partial charge is 0.490 e. The Morgan fingerprint density at radius 2 is 2.04 bits per heavy atom. The Kier molecular flexibility index (Phi) is 7.88. The average molecular weight is 490 g/mol. The molecule has 2 aromatic rings. The lowest BCUT2D eigenvalue weighted by atomic mass is 10.1. The number of carbonyl (C=O) groups excluding carboxylic acids is 1. The van der Waals surface area contributed by atoms with E-state index in [1.165, 1.54) is 0 Å². The summed E-state index contributed by atoms with van der Waals surface area (Å²) in [5.74, 6) is 0.802. The molecule has 0 aliphatic rings. The first-order valence-electron chi connectivity index (χ1n) is 8.97. The molecule has 0 spiro atoms. The topological polar surface area (TPSA) is 71.3 Å². The molecule has 0 bridgehead atoms. The molecule has 0 aliphatic carbocycles. The maximum absolute atomic E-state index is 12.5. The van der Waals surface area contributed by atoms with Crippen molar-refractivity contribution in [3.63, 3.8) is 0 Å². The van der Waals surface area contributed by atoms with Gasteiger partial charge in [-0.3, -0.25) is 4.79 Å². The van der Waals surface area contributed by atoms with Crippen LogP contribution < -0.4 is 14.8 Å². The summed E-state index contributed by atoms with van der Waals surface area (Å²) in [6, 6.07) is 13.1. The first kappa shape index (κ1) is 21.8. The number of benzene rings is 2. The van der Waals surface area contributed by atoms with E-state index in [1.54, 1.807) is 18.2 Å². The number of rotatable bonds is 7. The molecule has 1 N–H and O–H groups in total. The predicted octanol–water partition coefficient (Wildman–Crippen LogP) is 5.33. The van der Waals surface area contributed by atoms with Crippen molar-refractivity contribution in [3.8, 4) is 17.6 Å². The molecular formula is C22H23IN2O3. The highest BCUT2D eigenvalue weighted by Gasteiger charge is 2.15. The minimum absolute atomic E-state index is 0.00340. The highest BCUT2D eigenvalue weighted by molar-refractivity contribution is 14.1. The molecule has 0 saturated carbocycles. The monoisotopic (exact) mass is 490 g/mol. The number of para-hydroxylation sites is 1. The normalized spacial score (nSPS) is 11.1. The van der Waals surface area contributed by atoms with Crippen LogP contribution in [0.15, 0.2) is 42.0 Å². The van der Waals surface area contributed by atoms with Crippen LogP contribution in [0.25, 0.3) is 6.08 Å². The zero-order valence-electron chi connectivity index (χ0n) is 16.4. The maximum atomic E-state index is 12.5. The van der Waals surface area contributed by atoms with Crippen molar-refractivity contribution in [1.29, 1.82) is 5.26 Å². The van der Waals surface area contributed by atoms with Gasteiger partial charge in [0.15, 0.2) is 11.5 Å². The average Bonchev–Trinajstić information content (AvgIpc) is 2.64. The summed E-state index contributed by atoms with van der Waals surface area (Å²) in [5, 5.41) is 12.3. The fourth-order valence-electron chi connectivity index (χ4n) is 2.50. The lowest BCUT2D eigenvalue weighted by Crippen LogP contribution is -2.14. The molecule has 0 radical (unpaired) electrons. The summed E-state index contributed by atoms with van der Waals surface area (Å²) in [6.45, 7) is 8.17. The molecule has 0 fully saturated rings. The van der Waals surface area contributed by atoms with Crippen molar-refractivity contribution in [1.82, 2.24) is 0 Å². The van der Waals surface area contributed by atoms with Gasteiger partial charge in [-0.2, -0.15) is 5.26 Å². The Labute approximate surface area is 179 Å². The number of hydrogen-bond donors (Lipinski definition) is 1. The lowest BCUT2D eigenvalue weighted by molar-refractivity contribution is -0.112. The molecule has 28 heavy (non-hydrogen) atoms. The molecule has 5 nitrogen and oxygen atoms in total. The van der Waals surface area contributed by atoms with E-state index >= 15 is 0 Å². The second-order valence-corrected chi connectivity index (χ2v) is 7.53. The van der Waals surface area contributed by atoms with Gasteiger partial charge < -0.3 is 14.8 Å². The number of nitrogens with one attached hydrogen (secondary N) is 1. The van der Waals surface area contributed by atoms with Crippen molar-refractivity contribution in [2.24, 2.45) is 0 Å². The van der Waals surface area contributed by atoms with E-state index in [2.05, 4.69) is 27.9 Å². The van der Waals surface area contributed by atoms with E-state index < -0.39 is 5.91 Å². The summed E-state index contributed by atoms with van der Waals surface area (Å²) in [6.07, 6.45) is 1.56. The Morgan fingerprint density at radius 1 is 1.32 bits per heavy atom. The van der Waals surface area contributed by atoms with Crippen molar-refractivity contribution >= 4 is 40.3 Å². The first-order chi connectivity index (χ1) is 13.3. The van der Waals surface area contributed by atoms with Crippen molar-refractivity contribution in [3.05, 3.63) is 56.7 Å². The minimum atomic E-state index is -0.452. The van der Waals surface area contributed by atoms with Gasteiger partial charge in [-0.25, -0.2) is 0 Å². The van der Waals surface area contributed by atoms with Crippen LogP contribution >= 0.6 is 22.6 Å². The maximum Gasteiger partial charge on any atom is 0.266 e. The van der Waals surface area contributed by atoms with E-state index in [9.17, 15) is 10.1 Å². The fraction of sp³-hybridized carbons (Fsp3) is 0.273. The van der Waals surface area contributed by atoms with Crippen LogP contribution in [0.3, 0.4) is 0 Å². The second-order valence-electron chi connectivity index (χ2n) is 6.37. The van der Waals surface area contributed by atoms with Crippen LogP contribution in [-0.2, 0) is 4.79 Å². The van der Waals surface area contributed by atoms with Crippen LogP contribution in [0.4, 0.5) is 5.69 Å². The number of carbonyl (C=O) groups is 1. The first-order valence-corrected chi connectivity index (χ1v) is 10.0. The van der Waals surface area contributed by atoms with E-state index in [4.69, 9.17) is 9.47 Å².